The third-order valence-electron chi connectivity index (χ3n) is 2.43. The summed E-state index contributed by atoms with van der Waals surface area (Å²) in [5, 5.41) is 9.44. The quantitative estimate of drug-likeness (QED) is 0.863. The minimum atomic E-state index is -0.515. The summed E-state index contributed by atoms with van der Waals surface area (Å²) in [5.41, 5.74) is 6.39. The Balaban J connectivity index is 0.00000289. The van der Waals surface area contributed by atoms with Crippen molar-refractivity contribution in [1.82, 2.24) is 4.90 Å². The lowest BCUT2D eigenvalue weighted by Crippen LogP contribution is -2.39. The van der Waals surface area contributed by atoms with Crippen LogP contribution < -0.4 is 10.5 Å². The first-order valence-electron chi connectivity index (χ1n) is 5.32. The van der Waals surface area contributed by atoms with Crippen LogP contribution in [-0.4, -0.2) is 36.1 Å². The molecule has 18 heavy (non-hydrogen) atoms. The van der Waals surface area contributed by atoms with Crippen LogP contribution in [0.1, 0.15) is 12.5 Å². The minimum absolute atomic E-state index is 0. The highest BCUT2D eigenvalue weighted by Crippen LogP contribution is 2.26. The number of ether oxygens (including phenoxy) is 1. The van der Waals surface area contributed by atoms with E-state index in [-0.39, 0.29) is 24.1 Å². The monoisotopic (exact) mass is 274 g/mol. The van der Waals surface area contributed by atoms with Crippen LogP contribution in [0.3, 0.4) is 0 Å². The molecule has 0 spiro atoms. The van der Waals surface area contributed by atoms with E-state index in [2.05, 4.69) is 0 Å². The van der Waals surface area contributed by atoms with Crippen LogP contribution in [0.4, 0.5) is 0 Å². The second-order valence-electron chi connectivity index (χ2n) is 3.99. The lowest BCUT2D eigenvalue weighted by molar-refractivity contribution is -0.131. The maximum absolute atomic E-state index is 11.6. The van der Waals surface area contributed by atoms with Gasteiger partial charge in [0.05, 0.1) is 13.2 Å². The van der Waals surface area contributed by atoms with Crippen LogP contribution in [0.5, 0.6) is 11.5 Å². The van der Waals surface area contributed by atoms with E-state index in [0.717, 1.165) is 5.56 Å². The Morgan fingerprint density at radius 2 is 2.17 bits per heavy atom. The fourth-order valence-corrected chi connectivity index (χ4v) is 1.52. The number of methoxy groups -OCH3 is 1. The zero-order valence-corrected chi connectivity index (χ0v) is 11.5. The summed E-state index contributed by atoms with van der Waals surface area (Å²) in [7, 11) is 3.17. The maximum Gasteiger partial charge on any atom is 0.239 e. The van der Waals surface area contributed by atoms with Crippen molar-refractivity contribution in [2.24, 2.45) is 5.73 Å². The Morgan fingerprint density at radius 1 is 1.56 bits per heavy atom. The van der Waals surface area contributed by atoms with E-state index in [4.69, 9.17) is 10.5 Å². The van der Waals surface area contributed by atoms with Gasteiger partial charge in [0.25, 0.3) is 0 Å². The zero-order chi connectivity index (χ0) is 13.0. The first-order chi connectivity index (χ1) is 7.95. The largest absolute Gasteiger partial charge is 0.504 e. The van der Waals surface area contributed by atoms with Gasteiger partial charge in [-0.05, 0) is 24.6 Å². The highest BCUT2D eigenvalue weighted by Gasteiger charge is 2.14. The number of halogens is 1. The number of carbonyl (C=O) groups is 1. The number of hydrogen-bond acceptors (Lipinski definition) is 4. The molecular weight excluding hydrogens is 256 g/mol. The number of amides is 1. The summed E-state index contributed by atoms with van der Waals surface area (Å²) in [4.78, 5) is 13.1. The summed E-state index contributed by atoms with van der Waals surface area (Å²) in [5.74, 6) is 0.346. The molecule has 0 aliphatic heterocycles. The van der Waals surface area contributed by atoms with Crippen LogP contribution in [0.25, 0.3) is 0 Å². The van der Waals surface area contributed by atoms with Gasteiger partial charge in [0.15, 0.2) is 11.5 Å². The number of hydrogen-bond donors (Lipinski definition) is 2. The van der Waals surface area contributed by atoms with Crippen molar-refractivity contribution < 1.29 is 14.6 Å². The fraction of sp³-hybridized carbons (Fsp3) is 0.417. The Hall–Kier alpha value is -1.46. The van der Waals surface area contributed by atoms with Crippen LogP contribution in [0.15, 0.2) is 18.2 Å². The fourth-order valence-electron chi connectivity index (χ4n) is 1.52. The molecule has 0 aliphatic rings. The highest BCUT2D eigenvalue weighted by molar-refractivity contribution is 5.85. The van der Waals surface area contributed by atoms with Gasteiger partial charge in [-0.1, -0.05) is 6.07 Å². The van der Waals surface area contributed by atoms with Crippen molar-refractivity contribution in [1.29, 1.82) is 0 Å². The van der Waals surface area contributed by atoms with Crippen LogP contribution >= 0.6 is 12.4 Å². The molecule has 1 rings (SSSR count). The Kier molecular flexibility index (Phi) is 6.51. The molecule has 0 saturated heterocycles. The van der Waals surface area contributed by atoms with Gasteiger partial charge in [0.1, 0.15) is 0 Å². The van der Waals surface area contributed by atoms with Gasteiger partial charge in [0, 0.05) is 13.6 Å². The number of likely N-dealkylation sites (N-methyl/N-ethyl adjacent to an activating group) is 1. The van der Waals surface area contributed by atoms with Crippen molar-refractivity contribution in [3.05, 3.63) is 23.8 Å². The number of aromatic hydroxyl groups is 1. The molecule has 6 heteroatoms. The molecule has 1 unspecified atom stereocenters. The van der Waals surface area contributed by atoms with Gasteiger partial charge in [0.2, 0.25) is 5.91 Å². The topological polar surface area (TPSA) is 75.8 Å². The molecule has 0 bridgehead atoms. The second kappa shape index (κ2) is 7.08. The average Bonchev–Trinajstić information content (AvgIpc) is 2.30. The molecule has 5 nitrogen and oxygen atoms in total. The van der Waals surface area contributed by atoms with Crippen LogP contribution in [0, 0.1) is 0 Å². The standard InChI is InChI=1S/C12H18N2O3.ClH/c1-8(13)12(16)14(2)7-9-4-5-10(15)11(6-9)17-3;/h4-6,8,15H,7,13H2,1-3H3;1H. The van der Waals surface area contributed by atoms with Crippen LogP contribution in [-0.2, 0) is 11.3 Å². The third kappa shape index (κ3) is 4.09. The van der Waals surface area contributed by atoms with Gasteiger partial charge >= 0.3 is 0 Å². The second-order valence-corrected chi connectivity index (χ2v) is 3.99. The smallest absolute Gasteiger partial charge is 0.239 e. The van der Waals surface area contributed by atoms with E-state index in [1.54, 1.807) is 32.2 Å². The van der Waals surface area contributed by atoms with Gasteiger partial charge in [-0.15, -0.1) is 12.4 Å². The summed E-state index contributed by atoms with van der Waals surface area (Å²) in [6.07, 6.45) is 0. The lowest BCUT2D eigenvalue weighted by atomic mass is 10.2. The van der Waals surface area contributed by atoms with Gasteiger partial charge in [-0.3, -0.25) is 4.79 Å². The number of rotatable bonds is 4. The molecule has 0 heterocycles. The van der Waals surface area contributed by atoms with E-state index < -0.39 is 6.04 Å². The molecule has 0 fully saturated rings. The molecule has 0 aliphatic carbocycles. The number of nitrogens with two attached hydrogens (primary N) is 1. The lowest BCUT2D eigenvalue weighted by Gasteiger charge is -2.19. The first kappa shape index (κ1) is 16.5. The van der Waals surface area contributed by atoms with Crippen molar-refractivity contribution in [2.45, 2.75) is 19.5 Å². The van der Waals surface area contributed by atoms with Crippen molar-refractivity contribution in [3.63, 3.8) is 0 Å². The normalized spacial score (nSPS) is 11.3. The van der Waals surface area contributed by atoms with E-state index in [1.165, 1.54) is 12.0 Å². The minimum Gasteiger partial charge on any atom is -0.504 e. The SMILES string of the molecule is COc1cc(CN(C)C(=O)C(C)N)ccc1O.Cl. The average molecular weight is 275 g/mol. The Bertz CT molecular complexity index is 410. The number of benzene rings is 1. The first-order valence-corrected chi connectivity index (χ1v) is 5.32. The van der Waals surface area contributed by atoms with E-state index in [0.29, 0.717) is 12.3 Å². The number of nitrogens with zero attached hydrogens (tertiary/aromatic N) is 1. The molecule has 0 aromatic heterocycles. The van der Waals surface area contributed by atoms with Gasteiger partial charge < -0.3 is 20.5 Å². The molecule has 1 aromatic rings. The number of phenols is 1. The molecule has 1 atom stereocenters. The van der Waals surface area contributed by atoms with Crippen LogP contribution in [0.2, 0.25) is 0 Å². The number of phenolic OH excluding ortho intramolecular Hbond substituents is 1. The van der Waals surface area contributed by atoms with E-state index in [1.807, 2.05) is 0 Å². The number of carbonyl (C=O) groups excluding carboxylic acids is 1. The van der Waals surface area contributed by atoms with Gasteiger partial charge in [-0.2, -0.15) is 0 Å². The summed E-state index contributed by atoms with van der Waals surface area (Å²) >= 11 is 0. The van der Waals surface area contributed by atoms with Crippen molar-refractivity contribution in [2.75, 3.05) is 14.2 Å². The molecule has 102 valence electrons. The predicted octanol–water partition coefficient (Wildman–Crippen LogP) is 1.13. The Morgan fingerprint density at radius 3 is 2.67 bits per heavy atom. The zero-order valence-electron chi connectivity index (χ0n) is 10.7. The van der Waals surface area contributed by atoms with E-state index in [9.17, 15) is 9.90 Å². The Labute approximate surface area is 113 Å². The molecule has 0 radical (unpaired) electrons. The van der Waals surface area contributed by atoms with Crippen molar-refractivity contribution in [3.8, 4) is 11.5 Å². The summed E-state index contributed by atoms with van der Waals surface area (Å²) in [6, 6.07) is 4.46. The summed E-state index contributed by atoms with van der Waals surface area (Å²) < 4.78 is 5.00. The third-order valence-corrected chi connectivity index (χ3v) is 2.43. The van der Waals surface area contributed by atoms with Gasteiger partial charge in [-0.25, -0.2) is 0 Å². The molecule has 0 saturated carbocycles. The molecule has 1 aromatic carbocycles. The molecule has 1 amide bonds. The predicted molar refractivity (Wildman–Crippen MR) is 72.0 cm³/mol. The highest BCUT2D eigenvalue weighted by atomic mass is 35.5. The summed E-state index contributed by atoms with van der Waals surface area (Å²) in [6.45, 7) is 2.08. The maximum atomic E-state index is 11.6. The molecular formula is C12H19ClN2O3. The van der Waals surface area contributed by atoms with E-state index >= 15 is 0 Å². The molecule has 3 N–H and O–H groups in total. The van der Waals surface area contributed by atoms with Crippen molar-refractivity contribution >= 4 is 18.3 Å².